The SMILES string of the molecule is C=CCNc1nnc(SCc2nc(-c3ccccc3)oc2C)s1. The van der Waals surface area contributed by atoms with Gasteiger partial charge >= 0.3 is 0 Å². The van der Waals surface area contributed by atoms with Crippen molar-refractivity contribution in [3.8, 4) is 11.5 Å². The number of oxazole rings is 1. The van der Waals surface area contributed by atoms with Gasteiger partial charge < -0.3 is 9.73 Å². The Bertz CT molecular complexity index is 782. The van der Waals surface area contributed by atoms with Gasteiger partial charge in [0, 0.05) is 17.9 Å². The molecule has 5 nitrogen and oxygen atoms in total. The largest absolute Gasteiger partial charge is 0.441 e. The number of benzene rings is 1. The zero-order chi connectivity index (χ0) is 16.1. The number of nitrogens with zero attached hydrogens (tertiary/aromatic N) is 3. The van der Waals surface area contributed by atoms with Crippen LogP contribution in [0, 0.1) is 6.92 Å². The van der Waals surface area contributed by atoms with Gasteiger partial charge in [-0.1, -0.05) is 47.4 Å². The van der Waals surface area contributed by atoms with Gasteiger partial charge in [0.25, 0.3) is 0 Å². The first-order valence-corrected chi connectivity index (χ1v) is 8.89. The molecule has 0 aliphatic rings. The van der Waals surface area contributed by atoms with Crippen molar-refractivity contribution in [2.24, 2.45) is 0 Å². The lowest BCUT2D eigenvalue weighted by Crippen LogP contribution is -1.96. The summed E-state index contributed by atoms with van der Waals surface area (Å²) >= 11 is 3.13. The quantitative estimate of drug-likeness (QED) is 0.506. The molecular formula is C16H16N4OS2. The Hall–Kier alpha value is -2.12. The molecule has 0 bridgehead atoms. The summed E-state index contributed by atoms with van der Waals surface area (Å²) in [5.41, 5.74) is 1.92. The van der Waals surface area contributed by atoms with Gasteiger partial charge in [-0.2, -0.15) is 0 Å². The Balaban J connectivity index is 1.65. The first kappa shape index (κ1) is 15.8. The monoisotopic (exact) mass is 344 g/mol. The number of rotatable bonds is 7. The fraction of sp³-hybridized carbons (Fsp3) is 0.188. The molecule has 0 aliphatic heterocycles. The van der Waals surface area contributed by atoms with E-state index in [0.717, 1.165) is 26.5 Å². The van der Waals surface area contributed by atoms with Crippen LogP contribution in [0.3, 0.4) is 0 Å². The highest BCUT2D eigenvalue weighted by Gasteiger charge is 2.13. The highest BCUT2D eigenvalue weighted by atomic mass is 32.2. The van der Waals surface area contributed by atoms with Crippen molar-refractivity contribution in [2.75, 3.05) is 11.9 Å². The fourth-order valence-electron chi connectivity index (χ4n) is 1.90. The molecule has 0 saturated carbocycles. The molecule has 3 rings (SSSR count). The Morgan fingerprint density at radius 3 is 2.91 bits per heavy atom. The Labute approximate surface area is 142 Å². The minimum Gasteiger partial charge on any atom is -0.441 e. The van der Waals surface area contributed by atoms with Crippen LogP contribution < -0.4 is 5.32 Å². The van der Waals surface area contributed by atoms with Crippen LogP contribution in [0.25, 0.3) is 11.5 Å². The van der Waals surface area contributed by atoms with Crippen LogP contribution in [0.1, 0.15) is 11.5 Å². The summed E-state index contributed by atoms with van der Waals surface area (Å²) < 4.78 is 6.67. The molecule has 1 aromatic carbocycles. The van der Waals surface area contributed by atoms with Crippen molar-refractivity contribution in [2.45, 2.75) is 17.0 Å². The lowest BCUT2D eigenvalue weighted by molar-refractivity contribution is 0.540. The van der Waals surface area contributed by atoms with E-state index in [1.54, 1.807) is 17.8 Å². The van der Waals surface area contributed by atoms with Crippen molar-refractivity contribution in [1.29, 1.82) is 0 Å². The van der Waals surface area contributed by atoms with Gasteiger partial charge in [0.05, 0.1) is 5.69 Å². The van der Waals surface area contributed by atoms with E-state index in [1.165, 1.54) is 11.3 Å². The second-order valence-electron chi connectivity index (χ2n) is 4.72. The minimum atomic E-state index is 0.657. The second-order valence-corrected chi connectivity index (χ2v) is 6.92. The van der Waals surface area contributed by atoms with E-state index in [1.807, 2.05) is 37.3 Å². The summed E-state index contributed by atoms with van der Waals surface area (Å²) in [6, 6.07) is 9.91. The van der Waals surface area contributed by atoms with E-state index < -0.39 is 0 Å². The van der Waals surface area contributed by atoms with Crippen LogP contribution in [0.2, 0.25) is 0 Å². The predicted molar refractivity (Wildman–Crippen MR) is 94.8 cm³/mol. The topological polar surface area (TPSA) is 63.8 Å². The molecule has 7 heteroatoms. The first-order valence-electron chi connectivity index (χ1n) is 7.09. The molecule has 0 atom stereocenters. The molecule has 1 N–H and O–H groups in total. The highest BCUT2D eigenvalue weighted by molar-refractivity contribution is 8.00. The molecule has 2 aromatic heterocycles. The number of hydrogen-bond acceptors (Lipinski definition) is 7. The maximum absolute atomic E-state index is 5.77. The van der Waals surface area contributed by atoms with Crippen LogP contribution in [0.5, 0.6) is 0 Å². The summed E-state index contributed by atoms with van der Waals surface area (Å²) in [5.74, 6) is 2.20. The molecule has 3 aromatic rings. The summed E-state index contributed by atoms with van der Waals surface area (Å²) in [6.45, 7) is 6.29. The van der Waals surface area contributed by atoms with Gasteiger partial charge in [-0.15, -0.1) is 16.8 Å². The van der Waals surface area contributed by atoms with E-state index in [0.29, 0.717) is 18.2 Å². The Morgan fingerprint density at radius 1 is 1.30 bits per heavy atom. The number of thioether (sulfide) groups is 1. The van der Waals surface area contributed by atoms with Crippen molar-refractivity contribution >= 4 is 28.2 Å². The van der Waals surface area contributed by atoms with Crippen LogP contribution in [-0.4, -0.2) is 21.7 Å². The van der Waals surface area contributed by atoms with Crippen LogP contribution in [-0.2, 0) is 5.75 Å². The lowest BCUT2D eigenvalue weighted by atomic mass is 10.2. The van der Waals surface area contributed by atoms with Crippen molar-refractivity contribution in [3.05, 3.63) is 54.4 Å². The van der Waals surface area contributed by atoms with Gasteiger partial charge in [0.1, 0.15) is 5.76 Å². The molecule has 0 unspecified atom stereocenters. The molecule has 0 radical (unpaired) electrons. The molecule has 0 spiro atoms. The van der Waals surface area contributed by atoms with E-state index >= 15 is 0 Å². The molecule has 0 aliphatic carbocycles. The van der Waals surface area contributed by atoms with Crippen molar-refractivity contribution < 1.29 is 4.42 Å². The third kappa shape index (κ3) is 4.00. The molecule has 118 valence electrons. The molecule has 0 saturated heterocycles. The second kappa shape index (κ2) is 7.43. The third-order valence-corrected chi connectivity index (χ3v) is 5.08. The lowest BCUT2D eigenvalue weighted by Gasteiger charge is -1.94. The smallest absolute Gasteiger partial charge is 0.226 e. The first-order chi connectivity index (χ1) is 11.3. The van der Waals surface area contributed by atoms with Crippen LogP contribution >= 0.6 is 23.1 Å². The molecular weight excluding hydrogens is 328 g/mol. The van der Waals surface area contributed by atoms with Gasteiger partial charge in [-0.05, 0) is 19.1 Å². The molecule has 0 amide bonds. The van der Waals surface area contributed by atoms with Crippen LogP contribution in [0.4, 0.5) is 5.13 Å². The zero-order valence-electron chi connectivity index (χ0n) is 12.7. The molecule has 23 heavy (non-hydrogen) atoms. The maximum atomic E-state index is 5.77. The summed E-state index contributed by atoms with van der Waals surface area (Å²) in [6.07, 6.45) is 1.79. The van der Waals surface area contributed by atoms with E-state index in [-0.39, 0.29) is 0 Å². The highest BCUT2D eigenvalue weighted by Crippen LogP contribution is 2.30. The number of anilines is 1. The minimum absolute atomic E-state index is 0.657. The van der Waals surface area contributed by atoms with Crippen molar-refractivity contribution in [1.82, 2.24) is 15.2 Å². The van der Waals surface area contributed by atoms with Gasteiger partial charge in [0.2, 0.25) is 11.0 Å². The average molecular weight is 344 g/mol. The van der Waals surface area contributed by atoms with Crippen molar-refractivity contribution in [3.63, 3.8) is 0 Å². The third-order valence-electron chi connectivity index (χ3n) is 3.05. The Kier molecular flexibility index (Phi) is 5.09. The average Bonchev–Trinajstić information content (AvgIpc) is 3.18. The van der Waals surface area contributed by atoms with E-state index in [4.69, 9.17) is 4.42 Å². The summed E-state index contributed by atoms with van der Waals surface area (Å²) in [7, 11) is 0. The maximum Gasteiger partial charge on any atom is 0.226 e. The number of hydrogen-bond donors (Lipinski definition) is 1. The summed E-state index contributed by atoms with van der Waals surface area (Å²) in [5, 5.41) is 12.2. The number of aryl methyl sites for hydroxylation is 1. The number of nitrogens with one attached hydrogen (secondary N) is 1. The molecule has 0 fully saturated rings. The van der Waals surface area contributed by atoms with Gasteiger partial charge in [-0.25, -0.2) is 4.98 Å². The zero-order valence-corrected chi connectivity index (χ0v) is 14.3. The van der Waals surface area contributed by atoms with Crippen LogP contribution in [0.15, 0.2) is 51.7 Å². The Morgan fingerprint density at radius 2 is 2.13 bits per heavy atom. The normalized spacial score (nSPS) is 10.7. The van der Waals surface area contributed by atoms with E-state index in [9.17, 15) is 0 Å². The molecule has 2 heterocycles. The predicted octanol–water partition coefficient (Wildman–Crippen LogP) is 4.39. The van der Waals surface area contributed by atoms with Gasteiger partial charge in [-0.3, -0.25) is 0 Å². The standard InChI is InChI=1S/C16H16N4OS2/c1-3-9-17-15-19-20-16(23-15)22-10-13-11(2)21-14(18-13)12-7-5-4-6-8-12/h3-8H,1,9-10H2,2H3,(H,17,19). The van der Waals surface area contributed by atoms with E-state index in [2.05, 4.69) is 27.1 Å². The van der Waals surface area contributed by atoms with Gasteiger partial charge in [0.15, 0.2) is 4.34 Å². The number of aromatic nitrogens is 3. The fourth-order valence-corrected chi connectivity index (χ4v) is 3.66. The summed E-state index contributed by atoms with van der Waals surface area (Å²) in [4.78, 5) is 4.59.